The van der Waals surface area contributed by atoms with Gasteiger partial charge in [-0.1, -0.05) is 35.4 Å². The SMILES string of the molecule is Cc1cc(C)c(N2[CH-]N(c3c(C)cc(C)cc3C)CC2)c(C)c1.[CH2-][O+](c1ccc(CC(=O)NCCCC)cc1[CH]=[Ru]([Cl])[Cl])C(C)C. The number of hydrogen-bond acceptors (Lipinski definition) is 3. The van der Waals surface area contributed by atoms with E-state index in [2.05, 4.69) is 106 Å². The average Bonchev–Trinajstić information content (AvgIpc) is 3.40. The molecule has 8 heteroatoms. The third-order valence-corrected chi connectivity index (χ3v) is 9.87. The molecule has 0 unspecified atom stereocenters. The van der Waals surface area contributed by atoms with Gasteiger partial charge in [0.2, 0.25) is 0 Å². The maximum atomic E-state index is 12.0. The monoisotopic (exact) mass is 754 g/mol. The predicted molar refractivity (Wildman–Crippen MR) is 196 cm³/mol. The minimum absolute atomic E-state index is 0.0334. The van der Waals surface area contributed by atoms with E-state index in [0.717, 1.165) is 49.4 Å². The molecule has 46 heavy (non-hydrogen) atoms. The fraction of sp³-hybridized carbons (Fsp3) is 0.421. The van der Waals surface area contributed by atoms with Crippen LogP contribution in [-0.2, 0) is 29.1 Å². The first-order valence-electron chi connectivity index (χ1n) is 16.0. The van der Waals surface area contributed by atoms with Gasteiger partial charge < -0.3 is 9.80 Å². The van der Waals surface area contributed by atoms with Crippen LogP contribution in [0.2, 0.25) is 0 Å². The second kappa shape index (κ2) is 17.7. The van der Waals surface area contributed by atoms with Crippen molar-refractivity contribution in [2.24, 2.45) is 0 Å². The van der Waals surface area contributed by atoms with E-state index >= 15 is 0 Å². The predicted octanol–water partition coefficient (Wildman–Crippen LogP) is 9.67. The molecule has 0 atom stereocenters. The number of benzene rings is 3. The van der Waals surface area contributed by atoms with Crippen LogP contribution in [0.15, 0.2) is 42.5 Å². The summed E-state index contributed by atoms with van der Waals surface area (Å²) in [7, 11) is 16.1. The molecule has 0 saturated carbocycles. The van der Waals surface area contributed by atoms with Gasteiger partial charge >= 0.3 is 153 Å². The Morgan fingerprint density at radius 3 is 1.87 bits per heavy atom. The van der Waals surface area contributed by atoms with E-state index in [4.69, 9.17) is 19.4 Å². The number of nitrogens with one attached hydrogen (secondary N) is 1. The summed E-state index contributed by atoms with van der Waals surface area (Å²) in [5.74, 6) is 0.932. The van der Waals surface area contributed by atoms with Crippen molar-refractivity contribution in [2.75, 3.05) is 29.4 Å². The van der Waals surface area contributed by atoms with Crippen LogP contribution in [0, 0.1) is 55.3 Å². The van der Waals surface area contributed by atoms with Gasteiger partial charge in [0, 0.05) is 24.5 Å². The van der Waals surface area contributed by atoms with Crippen LogP contribution in [0.5, 0.6) is 5.75 Å². The number of rotatable bonds is 10. The van der Waals surface area contributed by atoms with Crippen LogP contribution < -0.4 is 15.1 Å². The number of unbranched alkanes of at least 4 members (excludes halogenated alkanes) is 1. The summed E-state index contributed by atoms with van der Waals surface area (Å²) in [5, 5.41) is 2.93. The Balaban J connectivity index is 0.000000250. The number of anilines is 2. The number of carbonyl (C=O) groups excluding carboxylic acids is 1. The van der Waals surface area contributed by atoms with Crippen molar-refractivity contribution in [3.8, 4) is 5.75 Å². The topological polar surface area (TPSA) is 38.3 Å². The fourth-order valence-corrected chi connectivity index (χ4v) is 7.89. The second-order valence-electron chi connectivity index (χ2n) is 12.5. The van der Waals surface area contributed by atoms with E-state index in [-0.39, 0.29) is 12.0 Å². The molecule has 1 aliphatic rings. The zero-order valence-electron chi connectivity index (χ0n) is 29.0. The molecule has 5 nitrogen and oxygen atoms in total. The van der Waals surface area contributed by atoms with Crippen molar-refractivity contribution in [3.63, 3.8) is 0 Å². The molecule has 1 amide bonds. The molecule has 0 aliphatic carbocycles. The standard InChI is InChI=1S/C21H27N2.C17H25NO2.2ClH.Ru/c1-14-9-16(3)20(17(4)10-14)22-7-8-23(13-22)21-18(5)11-15(2)12-19(21)6;1-6-7-10-18-17(19)12-15-8-9-16(14(4)11-15)20(5)13(2)3;;;/h9-13H,7-8H2,1-6H3;4,8-9,11,13H,5-7,10,12H2,1-3H3,(H,18,19);2*1H;/q-1;;;;+2/p-2. The summed E-state index contributed by atoms with van der Waals surface area (Å²) in [5.41, 5.74) is 12.7. The number of carbonyl (C=O) groups is 1. The first kappa shape index (κ1) is 38.1. The van der Waals surface area contributed by atoms with Crippen LogP contribution in [0.3, 0.4) is 0 Å². The van der Waals surface area contributed by atoms with Crippen molar-refractivity contribution in [1.82, 2.24) is 5.32 Å². The number of hydrogen-bond donors (Lipinski definition) is 1. The van der Waals surface area contributed by atoms with Gasteiger partial charge in [-0.15, -0.1) is 0 Å². The Labute approximate surface area is 291 Å². The normalized spacial score (nSPS) is 13.0. The van der Waals surface area contributed by atoms with Gasteiger partial charge in [0.25, 0.3) is 0 Å². The fourth-order valence-electron chi connectivity index (χ4n) is 6.11. The molecule has 1 saturated heterocycles. The van der Waals surface area contributed by atoms with Gasteiger partial charge in [0.05, 0.1) is 0 Å². The van der Waals surface area contributed by atoms with Gasteiger partial charge in [0.1, 0.15) is 0 Å². The number of amides is 1. The number of nitrogens with zero attached hydrogens (tertiary/aromatic N) is 2. The van der Waals surface area contributed by atoms with E-state index < -0.39 is 13.5 Å². The molecular weight excluding hydrogens is 702 g/mol. The molecule has 0 spiro atoms. The van der Waals surface area contributed by atoms with Crippen molar-refractivity contribution in [2.45, 2.75) is 87.7 Å². The first-order valence-corrected chi connectivity index (χ1v) is 21.5. The van der Waals surface area contributed by atoms with Crippen LogP contribution in [-0.4, -0.2) is 36.3 Å². The molecular formula is C38H52Cl2N3O2Ru-. The van der Waals surface area contributed by atoms with Gasteiger partial charge in [0.15, 0.2) is 0 Å². The van der Waals surface area contributed by atoms with Crippen molar-refractivity contribution < 1.29 is 22.7 Å². The van der Waals surface area contributed by atoms with Crippen molar-refractivity contribution in [1.29, 1.82) is 0 Å². The quantitative estimate of drug-likeness (QED) is 0.0971. The Morgan fingerprint density at radius 1 is 0.935 bits per heavy atom. The maximum absolute atomic E-state index is 12.0. The van der Waals surface area contributed by atoms with E-state index in [9.17, 15) is 4.79 Å². The zero-order valence-corrected chi connectivity index (χ0v) is 32.3. The molecule has 0 radical (unpaired) electrons. The number of aryl methyl sites for hydroxylation is 6. The Morgan fingerprint density at radius 2 is 1.43 bits per heavy atom. The van der Waals surface area contributed by atoms with Gasteiger partial charge in [-0.3, -0.25) is 0 Å². The van der Waals surface area contributed by atoms with Crippen LogP contribution in [0.1, 0.15) is 78.1 Å². The molecule has 1 heterocycles. The summed E-state index contributed by atoms with van der Waals surface area (Å²) in [6.45, 7) is 24.5. The molecule has 0 bridgehead atoms. The van der Waals surface area contributed by atoms with Crippen molar-refractivity contribution >= 4 is 41.3 Å². The summed E-state index contributed by atoms with van der Waals surface area (Å²) < 4.78 is 4.69. The molecule has 0 aromatic heterocycles. The summed E-state index contributed by atoms with van der Waals surface area (Å²) in [6.07, 6.45) is 2.59. The second-order valence-corrected chi connectivity index (χ2v) is 18.3. The Bertz CT molecular complexity index is 1420. The Hall–Kier alpha value is -2.40. The van der Waals surface area contributed by atoms with E-state index in [1.807, 2.05) is 36.7 Å². The van der Waals surface area contributed by atoms with Crippen LogP contribution in [0.25, 0.3) is 0 Å². The average molecular weight is 755 g/mol. The molecule has 1 N–H and O–H groups in total. The molecule has 254 valence electrons. The summed E-state index contributed by atoms with van der Waals surface area (Å²) in [6, 6.07) is 15.0. The first-order chi connectivity index (χ1) is 21.7. The van der Waals surface area contributed by atoms with Gasteiger partial charge in [-0.25, -0.2) is 0 Å². The summed E-state index contributed by atoms with van der Waals surface area (Å²) >= 11 is -1.97. The van der Waals surface area contributed by atoms with Crippen molar-refractivity contribution in [3.05, 3.63) is 101 Å². The number of halogens is 2. The molecule has 1 fully saturated rings. The molecule has 3 aromatic carbocycles. The molecule has 3 aromatic rings. The summed E-state index contributed by atoms with van der Waals surface area (Å²) in [4.78, 5) is 16.8. The van der Waals surface area contributed by atoms with Gasteiger partial charge in [-0.05, 0) is 63.8 Å². The minimum atomic E-state index is -1.97. The Kier molecular flexibility index (Phi) is 14.6. The van der Waals surface area contributed by atoms with E-state index in [1.54, 1.807) is 0 Å². The van der Waals surface area contributed by atoms with Crippen LogP contribution >= 0.6 is 19.4 Å². The third kappa shape index (κ3) is 10.6. The van der Waals surface area contributed by atoms with E-state index in [1.165, 1.54) is 44.8 Å². The van der Waals surface area contributed by atoms with Crippen LogP contribution in [0.4, 0.5) is 11.4 Å². The zero-order chi connectivity index (χ0) is 34.1. The third-order valence-electron chi connectivity index (χ3n) is 8.04. The molecule has 1 aliphatic heterocycles. The van der Waals surface area contributed by atoms with Gasteiger partial charge in [-0.2, -0.15) is 6.67 Å². The van der Waals surface area contributed by atoms with E-state index in [0.29, 0.717) is 6.42 Å². The molecule has 4 rings (SSSR count).